The molecule has 0 heterocycles. The lowest BCUT2D eigenvalue weighted by molar-refractivity contribution is 0.260. The Morgan fingerprint density at radius 2 is 1.80 bits per heavy atom. The summed E-state index contributed by atoms with van der Waals surface area (Å²) >= 11 is 0. The molecule has 45 heavy (non-hydrogen) atoms. The molecule has 7 atom stereocenters. The van der Waals surface area contributed by atoms with E-state index in [0.29, 0.717) is 48.0 Å². The van der Waals surface area contributed by atoms with Gasteiger partial charge in [0.2, 0.25) is 0 Å². The van der Waals surface area contributed by atoms with E-state index in [0.717, 1.165) is 32.1 Å². The maximum absolute atomic E-state index is 6.10. The number of allylic oxidation sites excluding steroid dienone is 19. The van der Waals surface area contributed by atoms with Gasteiger partial charge < -0.3 is 11.5 Å². The van der Waals surface area contributed by atoms with Crippen LogP contribution in [0.4, 0.5) is 0 Å². The molecule has 5 aliphatic carbocycles. The van der Waals surface area contributed by atoms with Gasteiger partial charge in [-0.2, -0.15) is 0 Å². The maximum atomic E-state index is 6.10. The van der Waals surface area contributed by atoms with Crippen molar-refractivity contribution in [3.63, 3.8) is 0 Å². The number of fused-ring (bicyclic) bond motifs is 2. The van der Waals surface area contributed by atoms with Crippen molar-refractivity contribution in [3.05, 3.63) is 132 Å². The molecule has 2 nitrogen and oxygen atoms in total. The Bertz CT molecular complexity index is 1320. The molecule has 0 saturated heterocycles. The molecule has 0 aliphatic heterocycles. The zero-order valence-corrected chi connectivity index (χ0v) is 27.8. The molecule has 0 spiro atoms. The van der Waals surface area contributed by atoms with Gasteiger partial charge in [0.25, 0.3) is 0 Å². The molecule has 4 N–H and O–H groups in total. The Morgan fingerprint density at radius 3 is 2.60 bits per heavy atom. The molecular formula is C43H58N2. The summed E-state index contributed by atoms with van der Waals surface area (Å²) in [4.78, 5) is 0. The van der Waals surface area contributed by atoms with Gasteiger partial charge in [0.15, 0.2) is 0 Å². The molecule has 2 heteroatoms. The first kappa shape index (κ1) is 33.3. The van der Waals surface area contributed by atoms with Crippen molar-refractivity contribution < 1.29 is 0 Å². The largest absolute Gasteiger partial charge is 0.404 e. The predicted molar refractivity (Wildman–Crippen MR) is 195 cm³/mol. The van der Waals surface area contributed by atoms with E-state index in [2.05, 4.69) is 105 Å². The third-order valence-corrected chi connectivity index (χ3v) is 11.0. The molecule has 5 aliphatic rings. The average Bonchev–Trinajstić information content (AvgIpc) is 3.09. The fraction of sp³-hybridized carbons (Fsp3) is 0.488. The third-order valence-electron chi connectivity index (χ3n) is 11.0. The van der Waals surface area contributed by atoms with Crippen molar-refractivity contribution in [3.8, 4) is 0 Å². The highest BCUT2D eigenvalue weighted by atomic mass is 14.5. The number of rotatable bonds is 14. The van der Waals surface area contributed by atoms with Crippen LogP contribution in [0, 0.1) is 41.4 Å². The van der Waals surface area contributed by atoms with E-state index >= 15 is 0 Å². The molecule has 0 aromatic carbocycles. The average molecular weight is 603 g/mol. The van der Waals surface area contributed by atoms with Crippen LogP contribution in [-0.4, -0.2) is 6.54 Å². The Morgan fingerprint density at radius 1 is 0.956 bits per heavy atom. The lowest BCUT2D eigenvalue weighted by Gasteiger charge is -2.40. The maximum Gasteiger partial charge on any atom is 0.00556 e. The molecule has 1 saturated carbocycles. The van der Waals surface area contributed by atoms with Gasteiger partial charge in [-0.15, -0.1) is 6.58 Å². The summed E-state index contributed by atoms with van der Waals surface area (Å²) in [6.45, 7) is 7.38. The van der Waals surface area contributed by atoms with E-state index in [1.807, 2.05) is 0 Å². The molecule has 0 aromatic rings. The monoisotopic (exact) mass is 602 g/mol. The number of hydrogen-bond acceptors (Lipinski definition) is 2. The highest BCUT2D eigenvalue weighted by molar-refractivity contribution is 5.52. The quantitative estimate of drug-likeness (QED) is 0.118. The lowest BCUT2D eigenvalue weighted by Crippen LogP contribution is -2.29. The van der Waals surface area contributed by atoms with Crippen molar-refractivity contribution in [2.24, 2.45) is 52.9 Å². The number of unbranched alkanes of at least 4 members (excludes halogenated alkanes) is 1. The molecule has 0 aromatic heterocycles. The minimum absolute atomic E-state index is 0.300. The summed E-state index contributed by atoms with van der Waals surface area (Å²) in [6.07, 6.45) is 51.6. The van der Waals surface area contributed by atoms with E-state index < -0.39 is 0 Å². The highest BCUT2D eigenvalue weighted by Crippen LogP contribution is 2.47. The second kappa shape index (κ2) is 17.0. The minimum atomic E-state index is 0.300. The molecule has 1 fully saturated rings. The predicted octanol–water partition coefficient (Wildman–Crippen LogP) is 10.5. The van der Waals surface area contributed by atoms with Crippen molar-refractivity contribution in [2.75, 3.05) is 6.54 Å². The van der Waals surface area contributed by atoms with Crippen LogP contribution in [0.15, 0.2) is 132 Å². The van der Waals surface area contributed by atoms with Crippen molar-refractivity contribution in [1.29, 1.82) is 0 Å². The first-order chi connectivity index (χ1) is 22.1. The summed E-state index contributed by atoms with van der Waals surface area (Å²) in [5.41, 5.74) is 19.1. The highest BCUT2D eigenvalue weighted by Gasteiger charge is 2.35. The van der Waals surface area contributed by atoms with Gasteiger partial charge >= 0.3 is 0 Å². The van der Waals surface area contributed by atoms with Crippen LogP contribution in [0.3, 0.4) is 0 Å². The van der Waals surface area contributed by atoms with E-state index in [4.69, 9.17) is 11.5 Å². The summed E-state index contributed by atoms with van der Waals surface area (Å²) < 4.78 is 0. The molecule has 240 valence electrons. The first-order valence-electron chi connectivity index (χ1n) is 18.0. The minimum Gasteiger partial charge on any atom is -0.404 e. The van der Waals surface area contributed by atoms with Gasteiger partial charge in [-0.3, -0.25) is 0 Å². The van der Waals surface area contributed by atoms with Crippen LogP contribution < -0.4 is 11.5 Å². The van der Waals surface area contributed by atoms with Gasteiger partial charge in [0.05, 0.1) is 0 Å². The zero-order chi connectivity index (χ0) is 31.4. The van der Waals surface area contributed by atoms with Crippen LogP contribution in [0.2, 0.25) is 0 Å². The van der Waals surface area contributed by atoms with Gasteiger partial charge in [-0.1, -0.05) is 110 Å². The topological polar surface area (TPSA) is 52.0 Å². The normalized spacial score (nSPS) is 29.5. The summed E-state index contributed by atoms with van der Waals surface area (Å²) in [5, 5.41) is 0. The van der Waals surface area contributed by atoms with Crippen LogP contribution in [-0.2, 0) is 0 Å². The Balaban J connectivity index is 1.18. The van der Waals surface area contributed by atoms with Crippen molar-refractivity contribution in [1.82, 2.24) is 0 Å². The summed E-state index contributed by atoms with van der Waals surface area (Å²) in [6, 6.07) is 0. The SMILES string of the molecule is C=CC(CCC(C)C1C=CC(C2C=CC(C3=CC4CCC=CC4C=C3)=CC2)=C2CCCCC21)C(/C=C\CC/C=C\CCN)=C/N. The fourth-order valence-electron chi connectivity index (χ4n) is 8.37. The zero-order valence-electron chi connectivity index (χ0n) is 27.8. The van der Waals surface area contributed by atoms with Gasteiger partial charge in [-0.05, 0) is 129 Å². The third kappa shape index (κ3) is 8.59. The van der Waals surface area contributed by atoms with E-state index in [-0.39, 0.29) is 0 Å². The molecule has 7 unspecified atom stereocenters. The number of hydrogen-bond donors (Lipinski definition) is 2. The molecule has 0 radical (unpaired) electrons. The van der Waals surface area contributed by atoms with Crippen LogP contribution in [0.25, 0.3) is 0 Å². The van der Waals surface area contributed by atoms with Gasteiger partial charge in [0, 0.05) is 17.8 Å². The standard InChI is InChI=1S/C43H58N2/c1-3-33(39(31-45)16-8-6-4-5-7-13-29-44)20-19-32(2)40-27-28-41(43-18-12-11-17-42(40)43)36-24-21-35(22-25-36)38-26-23-34-14-9-10-15-37(34)30-38/h3,5,7-9,14,16,21-24,26-28,30-34,36-37,40,42H,1,4,6,10-13,15,17-20,25,29,44-45H2,2H3/b7-5-,16-8-,39-31+. The van der Waals surface area contributed by atoms with Crippen LogP contribution in [0.5, 0.6) is 0 Å². The fourth-order valence-corrected chi connectivity index (χ4v) is 8.37. The Hall–Kier alpha value is -3.10. The van der Waals surface area contributed by atoms with E-state index in [9.17, 15) is 0 Å². The van der Waals surface area contributed by atoms with Gasteiger partial charge in [-0.25, -0.2) is 0 Å². The Kier molecular flexibility index (Phi) is 12.6. The van der Waals surface area contributed by atoms with Crippen molar-refractivity contribution in [2.45, 2.75) is 84.0 Å². The van der Waals surface area contributed by atoms with Crippen LogP contribution in [0.1, 0.15) is 84.0 Å². The van der Waals surface area contributed by atoms with Crippen LogP contribution >= 0.6 is 0 Å². The van der Waals surface area contributed by atoms with E-state index in [1.165, 1.54) is 61.7 Å². The molecular weight excluding hydrogens is 544 g/mol. The van der Waals surface area contributed by atoms with E-state index in [1.54, 1.807) is 17.3 Å². The second-order valence-corrected chi connectivity index (χ2v) is 13.9. The molecule has 0 amide bonds. The van der Waals surface area contributed by atoms with Gasteiger partial charge in [0.1, 0.15) is 0 Å². The summed E-state index contributed by atoms with van der Waals surface area (Å²) in [5.74, 6) is 4.05. The lowest BCUT2D eigenvalue weighted by atomic mass is 9.65. The molecule has 0 bridgehead atoms. The Labute approximate surface area is 274 Å². The first-order valence-corrected chi connectivity index (χ1v) is 18.0. The number of nitrogens with two attached hydrogens (primary N) is 2. The van der Waals surface area contributed by atoms with Crippen molar-refractivity contribution >= 4 is 0 Å². The second-order valence-electron chi connectivity index (χ2n) is 13.9. The smallest absolute Gasteiger partial charge is 0.00556 e. The summed E-state index contributed by atoms with van der Waals surface area (Å²) in [7, 11) is 0. The molecule has 5 rings (SSSR count).